The van der Waals surface area contributed by atoms with Gasteiger partial charge in [0.25, 0.3) is 5.91 Å². The molecule has 0 bridgehead atoms. The summed E-state index contributed by atoms with van der Waals surface area (Å²) in [5.41, 5.74) is 0.534. The Morgan fingerprint density at radius 1 is 1.11 bits per heavy atom. The molecule has 1 aliphatic carbocycles. The maximum Gasteiger partial charge on any atom is 0.334 e. The highest BCUT2D eigenvalue weighted by molar-refractivity contribution is 6.45. The van der Waals surface area contributed by atoms with Crippen LogP contribution in [0, 0.1) is 0 Å². The van der Waals surface area contributed by atoms with Gasteiger partial charge in [-0.2, -0.15) is 0 Å². The third kappa shape index (κ3) is 4.17. The van der Waals surface area contributed by atoms with Gasteiger partial charge in [-0.1, -0.05) is 12.1 Å². The highest BCUT2D eigenvalue weighted by Gasteiger charge is 2.44. The molecule has 148 valence electrons. The van der Waals surface area contributed by atoms with Crippen LogP contribution in [0.3, 0.4) is 0 Å². The number of benzene rings is 1. The normalized spacial score (nSPS) is 16.5. The molecule has 2 N–H and O–H groups in total. The van der Waals surface area contributed by atoms with Crippen LogP contribution < -0.4 is 10.6 Å². The van der Waals surface area contributed by atoms with E-state index >= 15 is 0 Å². The third-order valence-electron chi connectivity index (χ3n) is 4.31. The van der Waals surface area contributed by atoms with E-state index < -0.39 is 30.3 Å². The molecular formula is C18H20N4O6. The van der Waals surface area contributed by atoms with E-state index in [2.05, 4.69) is 10.6 Å². The van der Waals surface area contributed by atoms with Gasteiger partial charge in [-0.25, -0.2) is 9.69 Å². The van der Waals surface area contributed by atoms with Crippen molar-refractivity contribution in [3.05, 3.63) is 29.8 Å². The maximum absolute atomic E-state index is 12.4. The first kappa shape index (κ1) is 19.5. The lowest BCUT2D eigenvalue weighted by Crippen LogP contribution is -2.39. The van der Waals surface area contributed by atoms with Crippen LogP contribution in [0.1, 0.15) is 23.2 Å². The molecule has 1 aromatic rings. The van der Waals surface area contributed by atoms with Crippen LogP contribution in [-0.2, 0) is 19.1 Å². The number of ether oxygens (including phenoxy) is 1. The Morgan fingerprint density at radius 3 is 2.46 bits per heavy atom. The summed E-state index contributed by atoms with van der Waals surface area (Å²) in [6, 6.07) is 5.70. The van der Waals surface area contributed by atoms with E-state index in [-0.39, 0.29) is 36.4 Å². The lowest BCUT2D eigenvalue weighted by atomic mass is 10.1. The lowest BCUT2D eigenvalue weighted by molar-refractivity contribution is -0.143. The number of amides is 6. The molecule has 0 radical (unpaired) electrons. The summed E-state index contributed by atoms with van der Waals surface area (Å²) in [5.74, 6) is -3.09. The van der Waals surface area contributed by atoms with Crippen molar-refractivity contribution < 1.29 is 28.7 Å². The fourth-order valence-corrected chi connectivity index (χ4v) is 2.68. The zero-order valence-corrected chi connectivity index (χ0v) is 15.3. The van der Waals surface area contributed by atoms with E-state index in [1.54, 1.807) is 24.3 Å². The predicted molar refractivity (Wildman–Crippen MR) is 96.3 cm³/mol. The first-order chi connectivity index (χ1) is 13.4. The number of rotatable bonds is 8. The van der Waals surface area contributed by atoms with E-state index in [0.717, 1.165) is 17.7 Å². The number of nitrogens with zero attached hydrogens (tertiary/aromatic N) is 2. The molecule has 10 nitrogen and oxygen atoms in total. The van der Waals surface area contributed by atoms with Crippen LogP contribution in [-0.4, -0.2) is 72.3 Å². The number of carbonyl (C=O) groups is 5. The van der Waals surface area contributed by atoms with Crippen molar-refractivity contribution in [1.82, 2.24) is 15.1 Å². The third-order valence-corrected chi connectivity index (χ3v) is 4.31. The van der Waals surface area contributed by atoms with Crippen molar-refractivity contribution in [2.75, 3.05) is 32.1 Å². The second kappa shape index (κ2) is 8.17. The largest absolute Gasteiger partial charge is 0.383 e. The quantitative estimate of drug-likeness (QED) is 0.475. The average Bonchev–Trinajstić information content (AvgIpc) is 3.46. The summed E-state index contributed by atoms with van der Waals surface area (Å²) < 4.78 is 4.81. The number of hydrogen-bond acceptors (Lipinski definition) is 6. The van der Waals surface area contributed by atoms with Gasteiger partial charge in [-0.05, 0) is 25.0 Å². The molecule has 28 heavy (non-hydrogen) atoms. The molecule has 0 spiro atoms. The molecule has 0 aromatic heterocycles. The Labute approximate surface area is 160 Å². The van der Waals surface area contributed by atoms with Crippen molar-refractivity contribution in [1.29, 1.82) is 0 Å². The molecule has 2 fully saturated rings. The molecule has 0 unspecified atom stereocenters. The number of hydrogen-bond donors (Lipinski definition) is 2. The summed E-state index contributed by atoms with van der Waals surface area (Å²) in [6.45, 7) is -0.637. The van der Waals surface area contributed by atoms with Gasteiger partial charge >= 0.3 is 17.8 Å². The number of carbonyl (C=O) groups excluding carboxylic acids is 5. The Morgan fingerprint density at radius 2 is 1.79 bits per heavy atom. The van der Waals surface area contributed by atoms with Gasteiger partial charge < -0.3 is 15.4 Å². The fraction of sp³-hybridized carbons (Fsp3) is 0.389. The van der Waals surface area contributed by atoms with Crippen LogP contribution in [0.2, 0.25) is 0 Å². The van der Waals surface area contributed by atoms with E-state index in [0.29, 0.717) is 4.90 Å². The molecule has 2 aliphatic rings. The van der Waals surface area contributed by atoms with Gasteiger partial charge in [0.1, 0.15) is 6.54 Å². The van der Waals surface area contributed by atoms with Crippen molar-refractivity contribution in [2.24, 2.45) is 0 Å². The van der Waals surface area contributed by atoms with E-state index in [1.807, 2.05) is 0 Å². The minimum Gasteiger partial charge on any atom is -0.383 e. The number of imide groups is 2. The molecule has 1 aromatic carbocycles. The molecule has 1 heterocycles. The summed E-state index contributed by atoms with van der Waals surface area (Å²) in [7, 11) is 1.40. The van der Waals surface area contributed by atoms with Crippen molar-refractivity contribution in [3.8, 4) is 0 Å². The van der Waals surface area contributed by atoms with Crippen molar-refractivity contribution in [3.63, 3.8) is 0 Å². The molecule has 3 rings (SSSR count). The van der Waals surface area contributed by atoms with E-state index in [1.165, 1.54) is 7.11 Å². The molecule has 6 amide bonds. The summed E-state index contributed by atoms with van der Waals surface area (Å²) in [4.78, 5) is 62.1. The minimum absolute atomic E-state index is 0.0777. The smallest absolute Gasteiger partial charge is 0.334 e. The topological polar surface area (TPSA) is 125 Å². The van der Waals surface area contributed by atoms with E-state index in [4.69, 9.17) is 4.74 Å². The zero-order chi connectivity index (χ0) is 20.3. The van der Waals surface area contributed by atoms with Crippen LogP contribution in [0.25, 0.3) is 0 Å². The Bertz CT molecular complexity index is 835. The van der Waals surface area contributed by atoms with Crippen LogP contribution in [0.5, 0.6) is 0 Å². The van der Waals surface area contributed by atoms with Crippen LogP contribution in [0.15, 0.2) is 24.3 Å². The summed E-state index contributed by atoms with van der Waals surface area (Å²) in [6.07, 6.45) is 1.85. The first-order valence-corrected chi connectivity index (χ1v) is 8.78. The molecular weight excluding hydrogens is 368 g/mol. The average molecular weight is 388 g/mol. The maximum atomic E-state index is 12.4. The molecule has 10 heteroatoms. The number of anilines is 1. The number of para-hydroxylation sites is 1. The Hall–Kier alpha value is -3.27. The number of methoxy groups -OCH3 is 1. The van der Waals surface area contributed by atoms with Crippen molar-refractivity contribution >= 4 is 35.3 Å². The highest BCUT2D eigenvalue weighted by atomic mass is 16.5. The number of urea groups is 1. The van der Waals surface area contributed by atoms with Crippen molar-refractivity contribution in [2.45, 2.75) is 18.9 Å². The Balaban J connectivity index is 1.66. The van der Waals surface area contributed by atoms with Gasteiger partial charge in [0, 0.05) is 13.2 Å². The number of nitrogens with one attached hydrogen (secondary N) is 2. The highest BCUT2D eigenvalue weighted by Crippen LogP contribution is 2.21. The zero-order valence-electron chi connectivity index (χ0n) is 15.3. The van der Waals surface area contributed by atoms with E-state index in [9.17, 15) is 24.0 Å². The lowest BCUT2D eigenvalue weighted by Gasteiger charge is -2.16. The van der Waals surface area contributed by atoms with Gasteiger partial charge in [-0.15, -0.1) is 0 Å². The predicted octanol–water partition coefficient (Wildman–Crippen LogP) is -0.0455. The molecule has 1 aliphatic heterocycles. The first-order valence-electron chi connectivity index (χ1n) is 8.78. The Kier molecular flexibility index (Phi) is 5.69. The van der Waals surface area contributed by atoms with Gasteiger partial charge in [0.2, 0.25) is 5.91 Å². The molecule has 0 atom stereocenters. The van der Waals surface area contributed by atoms with Crippen LogP contribution >= 0.6 is 0 Å². The van der Waals surface area contributed by atoms with Crippen LogP contribution in [0.4, 0.5) is 10.5 Å². The SMILES string of the molecule is COCCN1C(=O)C(=O)N(CC(=O)Nc2ccccc2C(=O)NC2CC2)C1=O. The second-order valence-corrected chi connectivity index (χ2v) is 6.46. The standard InChI is InChI=1S/C18H20N4O6/c1-28-9-8-21-16(25)17(26)22(18(21)27)10-14(23)20-13-5-3-2-4-12(13)15(24)19-11-6-7-11/h2-5,11H,6-10H2,1H3,(H,19,24)(H,20,23). The fourth-order valence-electron chi connectivity index (χ4n) is 2.68. The monoisotopic (exact) mass is 388 g/mol. The van der Waals surface area contributed by atoms with Gasteiger partial charge in [0.05, 0.1) is 24.4 Å². The minimum atomic E-state index is -1.07. The van der Waals surface area contributed by atoms with Gasteiger partial charge in [-0.3, -0.25) is 24.1 Å². The van der Waals surface area contributed by atoms with Gasteiger partial charge in [0.15, 0.2) is 0 Å². The second-order valence-electron chi connectivity index (χ2n) is 6.46. The molecule has 1 saturated carbocycles. The molecule has 1 saturated heterocycles. The summed E-state index contributed by atoms with van der Waals surface area (Å²) in [5, 5.41) is 5.36. The summed E-state index contributed by atoms with van der Waals surface area (Å²) >= 11 is 0.